The Kier molecular flexibility index (Phi) is 6.66. The van der Waals surface area contributed by atoms with Crippen LogP contribution in [-0.4, -0.2) is 31.8 Å². The molecular formula is C19H20FN3O3S. The molecule has 0 unspecified atom stereocenters. The summed E-state index contributed by atoms with van der Waals surface area (Å²) in [6.45, 7) is 3.16. The maximum absolute atomic E-state index is 14.3. The average Bonchev–Trinajstić information content (AvgIpc) is 2.61. The third-order valence-electron chi connectivity index (χ3n) is 3.63. The molecule has 6 nitrogen and oxygen atoms in total. The van der Waals surface area contributed by atoms with Crippen molar-refractivity contribution >= 4 is 15.9 Å². The van der Waals surface area contributed by atoms with Gasteiger partial charge in [-0.3, -0.25) is 4.79 Å². The van der Waals surface area contributed by atoms with Crippen LogP contribution in [0.25, 0.3) is 0 Å². The van der Waals surface area contributed by atoms with Crippen molar-refractivity contribution in [3.63, 3.8) is 0 Å². The number of amides is 1. The summed E-state index contributed by atoms with van der Waals surface area (Å²) < 4.78 is 41.3. The minimum atomic E-state index is -3.88. The highest BCUT2D eigenvalue weighted by molar-refractivity contribution is 7.89. The number of benzene rings is 2. The molecule has 0 bridgehead atoms. The van der Waals surface area contributed by atoms with E-state index in [1.165, 1.54) is 4.90 Å². The van der Waals surface area contributed by atoms with Gasteiger partial charge >= 0.3 is 0 Å². The predicted octanol–water partition coefficient (Wildman–Crippen LogP) is 2.68. The fourth-order valence-corrected chi connectivity index (χ4v) is 3.75. The fourth-order valence-electron chi connectivity index (χ4n) is 2.47. The molecule has 0 spiro atoms. The van der Waals surface area contributed by atoms with Crippen LogP contribution in [0.2, 0.25) is 0 Å². The highest BCUT2D eigenvalue weighted by Gasteiger charge is 2.23. The molecule has 8 heteroatoms. The molecule has 0 radical (unpaired) electrons. The number of hydrogen-bond acceptors (Lipinski definition) is 4. The van der Waals surface area contributed by atoms with Gasteiger partial charge in [0.1, 0.15) is 12.4 Å². The molecule has 0 fully saturated rings. The molecule has 0 saturated carbocycles. The zero-order valence-electron chi connectivity index (χ0n) is 15.0. The number of nitrogens with zero attached hydrogens (tertiary/aromatic N) is 2. The predicted molar refractivity (Wildman–Crippen MR) is 98.7 cm³/mol. The largest absolute Gasteiger partial charge is 0.321 e. The zero-order valence-corrected chi connectivity index (χ0v) is 15.8. The van der Waals surface area contributed by atoms with E-state index in [-0.39, 0.29) is 24.0 Å². The monoisotopic (exact) mass is 389 g/mol. The van der Waals surface area contributed by atoms with Crippen LogP contribution in [0.5, 0.6) is 0 Å². The van der Waals surface area contributed by atoms with E-state index >= 15 is 0 Å². The summed E-state index contributed by atoms with van der Waals surface area (Å²) >= 11 is 0. The second-order valence-corrected chi connectivity index (χ2v) is 7.94. The Morgan fingerprint density at radius 1 is 1.22 bits per heavy atom. The first kappa shape index (κ1) is 20.6. The second kappa shape index (κ2) is 8.75. The van der Waals surface area contributed by atoms with E-state index < -0.39 is 27.3 Å². The summed E-state index contributed by atoms with van der Waals surface area (Å²) in [5, 5.41) is 9.02. The summed E-state index contributed by atoms with van der Waals surface area (Å²) in [6.07, 6.45) is 0. The van der Waals surface area contributed by atoms with Gasteiger partial charge in [-0.25, -0.2) is 17.5 Å². The van der Waals surface area contributed by atoms with Crippen molar-refractivity contribution in [2.75, 3.05) is 6.54 Å². The lowest BCUT2D eigenvalue weighted by atomic mass is 10.1. The summed E-state index contributed by atoms with van der Waals surface area (Å²) in [5.74, 6) is -1.60. The Labute approximate surface area is 158 Å². The maximum Gasteiger partial charge on any atom is 0.258 e. The van der Waals surface area contributed by atoms with E-state index in [1.807, 2.05) is 12.1 Å². The van der Waals surface area contributed by atoms with Crippen LogP contribution in [0.15, 0.2) is 53.4 Å². The Morgan fingerprint density at radius 3 is 2.48 bits per heavy atom. The summed E-state index contributed by atoms with van der Waals surface area (Å²) in [6, 6.07) is 13.5. The molecule has 0 aliphatic carbocycles. The summed E-state index contributed by atoms with van der Waals surface area (Å²) in [4.78, 5) is 13.7. The van der Waals surface area contributed by atoms with Gasteiger partial charge < -0.3 is 4.90 Å². The van der Waals surface area contributed by atoms with E-state index in [4.69, 9.17) is 5.26 Å². The smallest absolute Gasteiger partial charge is 0.258 e. The maximum atomic E-state index is 14.3. The van der Waals surface area contributed by atoms with Gasteiger partial charge in [-0.05, 0) is 37.6 Å². The van der Waals surface area contributed by atoms with Crippen molar-refractivity contribution in [3.8, 4) is 6.07 Å². The van der Waals surface area contributed by atoms with E-state index in [0.29, 0.717) is 0 Å². The molecule has 0 aliphatic heterocycles. The lowest BCUT2D eigenvalue weighted by Crippen LogP contribution is -2.33. The number of nitrogens with one attached hydrogen (secondary N) is 1. The third kappa shape index (κ3) is 5.36. The highest BCUT2D eigenvalue weighted by atomic mass is 32.2. The van der Waals surface area contributed by atoms with Gasteiger partial charge in [-0.1, -0.05) is 30.3 Å². The minimum absolute atomic E-state index is 0.105. The Hall–Kier alpha value is -2.76. The van der Waals surface area contributed by atoms with Crippen LogP contribution >= 0.6 is 0 Å². The topological polar surface area (TPSA) is 90.3 Å². The van der Waals surface area contributed by atoms with Gasteiger partial charge in [-0.2, -0.15) is 5.26 Å². The first-order valence-corrected chi connectivity index (χ1v) is 9.75. The lowest BCUT2D eigenvalue weighted by molar-refractivity contribution is 0.0760. The molecule has 0 saturated heterocycles. The Balaban J connectivity index is 2.38. The number of hydrogen-bond donors (Lipinski definition) is 1. The van der Waals surface area contributed by atoms with Crippen LogP contribution < -0.4 is 4.72 Å². The van der Waals surface area contributed by atoms with Gasteiger partial charge in [0, 0.05) is 12.6 Å². The number of nitriles is 1. The molecule has 2 aromatic carbocycles. The molecule has 2 rings (SSSR count). The molecule has 0 aliphatic rings. The number of sulfonamides is 1. The first-order valence-electron chi connectivity index (χ1n) is 8.26. The van der Waals surface area contributed by atoms with Crippen LogP contribution in [0, 0.1) is 17.1 Å². The molecule has 142 valence electrons. The normalized spacial score (nSPS) is 11.2. The van der Waals surface area contributed by atoms with Crippen molar-refractivity contribution in [2.45, 2.75) is 31.3 Å². The van der Waals surface area contributed by atoms with E-state index in [2.05, 4.69) is 4.72 Å². The third-order valence-corrected chi connectivity index (χ3v) is 5.29. The van der Waals surface area contributed by atoms with Gasteiger partial charge in [0.25, 0.3) is 5.91 Å². The minimum Gasteiger partial charge on any atom is -0.321 e. The first-order chi connectivity index (χ1) is 12.7. The summed E-state index contributed by atoms with van der Waals surface area (Å²) in [5.41, 5.74) is 0.375. The number of carbonyl (C=O) groups excluding carboxylic acids is 1. The van der Waals surface area contributed by atoms with E-state index in [9.17, 15) is 17.6 Å². The van der Waals surface area contributed by atoms with Crippen LogP contribution in [0.1, 0.15) is 29.8 Å². The summed E-state index contributed by atoms with van der Waals surface area (Å²) in [7, 11) is -3.88. The average molecular weight is 389 g/mol. The Bertz CT molecular complexity index is 954. The standard InChI is InChI=1S/C19H20FN3O3S/c1-14(2)22-27(25,26)16-8-9-18(20)17(12-16)19(24)23(11-10-21)13-15-6-4-3-5-7-15/h3-9,12,14,22H,11,13H2,1-2H3. The number of carbonyl (C=O) groups is 1. The molecule has 1 amide bonds. The second-order valence-electron chi connectivity index (χ2n) is 6.22. The van der Waals surface area contributed by atoms with Crippen molar-refractivity contribution in [2.24, 2.45) is 0 Å². The van der Waals surface area contributed by atoms with Gasteiger partial charge in [0.15, 0.2) is 0 Å². The van der Waals surface area contributed by atoms with Crippen molar-refractivity contribution in [1.29, 1.82) is 5.26 Å². The zero-order chi connectivity index (χ0) is 20.0. The van der Waals surface area contributed by atoms with Crippen molar-refractivity contribution in [1.82, 2.24) is 9.62 Å². The van der Waals surface area contributed by atoms with Gasteiger partial charge in [-0.15, -0.1) is 0 Å². The van der Waals surface area contributed by atoms with Crippen molar-refractivity contribution < 1.29 is 17.6 Å². The highest BCUT2D eigenvalue weighted by Crippen LogP contribution is 2.18. The van der Waals surface area contributed by atoms with Crippen LogP contribution in [0.3, 0.4) is 0 Å². The van der Waals surface area contributed by atoms with E-state index in [1.54, 1.807) is 38.1 Å². The molecular weight excluding hydrogens is 369 g/mol. The number of rotatable bonds is 7. The molecule has 0 heterocycles. The molecule has 2 aromatic rings. The van der Waals surface area contributed by atoms with Gasteiger partial charge in [0.05, 0.1) is 16.5 Å². The van der Waals surface area contributed by atoms with E-state index in [0.717, 1.165) is 23.8 Å². The SMILES string of the molecule is CC(C)NS(=O)(=O)c1ccc(F)c(C(=O)N(CC#N)Cc2ccccc2)c1. The van der Waals surface area contributed by atoms with Crippen LogP contribution in [0.4, 0.5) is 4.39 Å². The molecule has 27 heavy (non-hydrogen) atoms. The van der Waals surface area contributed by atoms with Gasteiger partial charge in [0.2, 0.25) is 10.0 Å². The molecule has 0 aromatic heterocycles. The van der Waals surface area contributed by atoms with Crippen molar-refractivity contribution in [3.05, 3.63) is 65.5 Å². The van der Waals surface area contributed by atoms with Crippen LogP contribution in [-0.2, 0) is 16.6 Å². The molecule has 0 atom stereocenters. The fraction of sp³-hybridized carbons (Fsp3) is 0.263. The Morgan fingerprint density at radius 2 is 1.89 bits per heavy atom. The number of halogens is 1. The quantitative estimate of drug-likeness (QED) is 0.737. The molecule has 1 N–H and O–H groups in total. The lowest BCUT2D eigenvalue weighted by Gasteiger charge is -2.20.